The summed E-state index contributed by atoms with van der Waals surface area (Å²) in [5.41, 5.74) is 2.78. The van der Waals surface area contributed by atoms with Crippen LogP contribution in [0.5, 0.6) is 0 Å². The zero-order valence-electron chi connectivity index (χ0n) is 14.9. The highest BCUT2D eigenvalue weighted by Gasteiger charge is 2.15. The van der Waals surface area contributed by atoms with Crippen LogP contribution in [0.25, 0.3) is 11.3 Å². The molecule has 2 rings (SSSR count). The van der Waals surface area contributed by atoms with Crippen LogP contribution in [-0.4, -0.2) is 29.5 Å². The van der Waals surface area contributed by atoms with Crippen LogP contribution in [0, 0.1) is 12.8 Å². The molecule has 0 aliphatic rings. The molecule has 1 aromatic carbocycles. The summed E-state index contributed by atoms with van der Waals surface area (Å²) >= 11 is 1.61. The SMILES string of the molecule is Cc1nc(-c2ccc(NC(C)C(=O)NC(=O)NCC(C)C)cc2)cs1. The predicted molar refractivity (Wildman–Crippen MR) is 102 cm³/mol. The van der Waals surface area contributed by atoms with Gasteiger partial charge in [-0.15, -0.1) is 11.3 Å². The third-order valence-corrected chi connectivity index (χ3v) is 4.26. The monoisotopic (exact) mass is 360 g/mol. The van der Waals surface area contributed by atoms with Crippen molar-refractivity contribution in [3.63, 3.8) is 0 Å². The van der Waals surface area contributed by atoms with Gasteiger partial charge < -0.3 is 10.6 Å². The van der Waals surface area contributed by atoms with Crippen molar-refractivity contribution < 1.29 is 9.59 Å². The molecule has 1 atom stereocenters. The van der Waals surface area contributed by atoms with Gasteiger partial charge in [0.15, 0.2) is 0 Å². The average molecular weight is 360 g/mol. The fourth-order valence-corrected chi connectivity index (χ4v) is 2.73. The fraction of sp³-hybridized carbons (Fsp3) is 0.389. The average Bonchev–Trinajstić information content (AvgIpc) is 3.00. The molecule has 1 aromatic heterocycles. The van der Waals surface area contributed by atoms with Crippen molar-refractivity contribution >= 4 is 29.0 Å². The molecular weight excluding hydrogens is 336 g/mol. The van der Waals surface area contributed by atoms with E-state index in [1.807, 2.05) is 50.4 Å². The summed E-state index contributed by atoms with van der Waals surface area (Å²) < 4.78 is 0. The molecule has 6 nitrogen and oxygen atoms in total. The molecule has 3 N–H and O–H groups in total. The Kier molecular flexibility index (Phi) is 6.52. The predicted octanol–water partition coefficient (Wildman–Crippen LogP) is 3.40. The minimum absolute atomic E-state index is 0.330. The normalized spacial score (nSPS) is 11.9. The standard InChI is InChI=1S/C18H24N4O2S/c1-11(2)9-19-18(24)22-17(23)12(3)20-15-7-5-14(6-8-15)16-10-25-13(4)21-16/h5-8,10-12,20H,9H2,1-4H3,(H2,19,22,23,24). The Balaban J connectivity index is 1.88. The smallest absolute Gasteiger partial charge is 0.321 e. The third kappa shape index (κ3) is 5.86. The minimum atomic E-state index is -0.530. The number of nitrogens with zero attached hydrogens (tertiary/aromatic N) is 1. The second-order valence-electron chi connectivity index (χ2n) is 6.29. The lowest BCUT2D eigenvalue weighted by molar-refractivity contribution is -0.120. The van der Waals surface area contributed by atoms with Crippen LogP contribution in [0.2, 0.25) is 0 Å². The number of thiazole rings is 1. The molecule has 1 unspecified atom stereocenters. The summed E-state index contributed by atoms with van der Waals surface area (Å²) in [6.07, 6.45) is 0. The number of amides is 3. The molecule has 2 aromatic rings. The number of carbonyl (C=O) groups is 2. The van der Waals surface area contributed by atoms with Crippen molar-refractivity contribution in [2.45, 2.75) is 33.7 Å². The molecule has 134 valence electrons. The number of benzene rings is 1. The van der Waals surface area contributed by atoms with Crippen LogP contribution < -0.4 is 16.0 Å². The fourth-order valence-electron chi connectivity index (χ4n) is 2.11. The maximum Gasteiger partial charge on any atom is 0.321 e. The van der Waals surface area contributed by atoms with E-state index in [1.54, 1.807) is 18.3 Å². The van der Waals surface area contributed by atoms with Crippen LogP contribution in [0.4, 0.5) is 10.5 Å². The van der Waals surface area contributed by atoms with E-state index >= 15 is 0 Å². The van der Waals surface area contributed by atoms with Crippen molar-refractivity contribution in [3.8, 4) is 11.3 Å². The van der Waals surface area contributed by atoms with E-state index in [1.165, 1.54) is 0 Å². The summed E-state index contributed by atoms with van der Waals surface area (Å²) in [5, 5.41) is 11.1. The van der Waals surface area contributed by atoms with Gasteiger partial charge in [-0.2, -0.15) is 0 Å². The summed E-state index contributed by atoms with van der Waals surface area (Å²) in [7, 11) is 0. The zero-order valence-corrected chi connectivity index (χ0v) is 15.7. The van der Waals surface area contributed by atoms with E-state index in [0.717, 1.165) is 22.0 Å². The Morgan fingerprint density at radius 1 is 1.16 bits per heavy atom. The largest absolute Gasteiger partial charge is 0.374 e. The van der Waals surface area contributed by atoms with E-state index in [0.29, 0.717) is 12.5 Å². The topological polar surface area (TPSA) is 83.1 Å². The maximum absolute atomic E-state index is 12.1. The first-order chi connectivity index (χ1) is 11.8. The molecule has 3 amide bonds. The number of imide groups is 1. The Labute approximate surface area is 152 Å². The van der Waals surface area contributed by atoms with Gasteiger partial charge in [-0.1, -0.05) is 26.0 Å². The lowest BCUT2D eigenvalue weighted by Crippen LogP contribution is -2.46. The molecule has 0 saturated heterocycles. The Bertz CT molecular complexity index is 725. The van der Waals surface area contributed by atoms with E-state index in [2.05, 4.69) is 20.9 Å². The van der Waals surface area contributed by atoms with Crippen LogP contribution >= 0.6 is 11.3 Å². The lowest BCUT2D eigenvalue weighted by atomic mass is 10.1. The van der Waals surface area contributed by atoms with Crippen molar-refractivity contribution in [1.82, 2.24) is 15.6 Å². The Hall–Kier alpha value is -2.41. The van der Waals surface area contributed by atoms with E-state index in [-0.39, 0.29) is 5.91 Å². The molecule has 25 heavy (non-hydrogen) atoms. The van der Waals surface area contributed by atoms with E-state index < -0.39 is 12.1 Å². The summed E-state index contributed by atoms with van der Waals surface area (Å²) in [6, 6.07) is 6.70. The van der Waals surface area contributed by atoms with Gasteiger partial charge in [0.05, 0.1) is 10.7 Å². The van der Waals surface area contributed by atoms with Gasteiger partial charge in [0.2, 0.25) is 5.91 Å². The van der Waals surface area contributed by atoms with Gasteiger partial charge in [0.25, 0.3) is 0 Å². The van der Waals surface area contributed by atoms with Crippen molar-refractivity contribution in [3.05, 3.63) is 34.7 Å². The van der Waals surface area contributed by atoms with Gasteiger partial charge in [-0.05, 0) is 31.9 Å². The number of rotatable bonds is 6. The van der Waals surface area contributed by atoms with Crippen LogP contribution in [0.3, 0.4) is 0 Å². The molecule has 0 radical (unpaired) electrons. The molecule has 0 aliphatic carbocycles. The van der Waals surface area contributed by atoms with E-state index in [9.17, 15) is 9.59 Å². The molecule has 1 heterocycles. The second-order valence-corrected chi connectivity index (χ2v) is 7.35. The number of aromatic nitrogens is 1. The van der Waals surface area contributed by atoms with E-state index in [4.69, 9.17) is 0 Å². The summed E-state index contributed by atoms with van der Waals surface area (Å²) in [5.74, 6) is -0.0446. The number of carbonyl (C=O) groups excluding carboxylic acids is 2. The molecule has 0 spiro atoms. The zero-order chi connectivity index (χ0) is 18.4. The number of aryl methyl sites for hydroxylation is 1. The minimum Gasteiger partial charge on any atom is -0.374 e. The quantitative estimate of drug-likeness (QED) is 0.737. The van der Waals surface area contributed by atoms with Crippen LogP contribution in [0.1, 0.15) is 25.8 Å². The Morgan fingerprint density at radius 3 is 2.40 bits per heavy atom. The molecule has 0 saturated carbocycles. The number of nitrogens with one attached hydrogen (secondary N) is 3. The first-order valence-corrected chi connectivity index (χ1v) is 9.11. The lowest BCUT2D eigenvalue weighted by Gasteiger charge is -2.15. The van der Waals surface area contributed by atoms with Gasteiger partial charge in [-0.25, -0.2) is 9.78 Å². The highest BCUT2D eigenvalue weighted by Crippen LogP contribution is 2.23. The summed E-state index contributed by atoms with van der Waals surface area (Å²) in [6.45, 7) is 8.19. The second kappa shape index (κ2) is 8.62. The number of hydrogen-bond donors (Lipinski definition) is 3. The number of anilines is 1. The van der Waals surface area contributed by atoms with Crippen molar-refractivity contribution in [1.29, 1.82) is 0 Å². The first-order valence-electron chi connectivity index (χ1n) is 8.23. The third-order valence-electron chi connectivity index (χ3n) is 3.48. The van der Waals surface area contributed by atoms with Gasteiger partial charge >= 0.3 is 6.03 Å². The number of urea groups is 1. The maximum atomic E-state index is 12.1. The molecule has 7 heteroatoms. The molecular formula is C18H24N4O2S. The van der Waals surface area contributed by atoms with Gasteiger partial charge in [0.1, 0.15) is 6.04 Å². The Morgan fingerprint density at radius 2 is 1.84 bits per heavy atom. The van der Waals surface area contributed by atoms with Crippen molar-refractivity contribution in [2.75, 3.05) is 11.9 Å². The highest BCUT2D eigenvalue weighted by atomic mass is 32.1. The van der Waals surface area contributed by atoms with Crippen molar-refractivity contribution in [2.24, 2.45) is 5.92 Å². The van der Waals surface area contributed by atoms with Gasteiger partial charge in [-0.3, -0.25) is 10.1 Å². The number of hydrogen-bond acceptors (Lipinski definition) is 5. The highest BCUT2D eigenvalue weighted by molar-refractivity contribution is 7.09. The summed E-state index contributed by atoms with van der Waals surface area (Å²) in [4.78, 5) is 28.1. The molecule has 0 fully saturated rings. The van der Waals surface area contributed by atoms with Crippen LogP contribution in [0.15, 0.2) is 29.6 Å². The molecule has 0 aliphatic heterocycles. The van der Waals surface area contributed by atoms with Gasteiger partial charge in [0, 0.05) is 23.2 Å². The first kappa shape index (κ1) is 18.9. The van der Waals surface area contributed by atoms with Crippen LogP contribution in [-0.2, 0) is 4.79 Å². The molecule has 0 bridgehead atoms.